The SMILES string of the molecule is CC1CCSC(=NCCc2ccco2)N1. The molecule has 3 nitrogen and oxygen atoms in total. The van der Waals surface area contributed by atoms with Crippen molar-refractivity contribution in [3.05, 3.63) is 24.2 Å². The summed E-state index contributed by atoms with van der Waals surface area (Å²) >= 11 is 1.81. The highest BCUT2D eigenvalue weighted by Gasteiger charge is 2.12. The summed E-state index contributed by atoms with van der Waals surface area (Å²) in [6.45, 7) is 3.00. The van der Waals surface area contributed by atoms with Crippen molar-refractivity contribution >= 4 is 16.9 Å². The molecule has 0 bridgehead atoms. The Hall–Kier alpha value is -0.900. The summed E-state index contributed by atoms with van der Waals surface area (Å²) in [5.41, 5.74) is 0. The number of hydrogen-bond donors (Lipinski definition) is 1. The summed E-state index contributed by atoms with van der Waals surface area (Å²) in [5, 5.41) is 4.46. The van der Waals surface area contributed by atoms with Gasteiger partial charge in [0.25, 0.3) is 0 Å². The van der Waals surface area contributed by atoms with Gasteiger partial charge in [-0.1, -0.05) is 11.8 Å². The molecule has 2 rings (SSSR count). The van der Waals surface area contributed by atoms with Crippen LogP contribution in [0.25, 0.3) is 0 Å². The van der Waals surface area contributed by atoms with E-state index < -0.39 is 0 Å². The Labute approximate surface area is 94.3 Å². The number of rotatable bonds is 3. The average Bonchev–Trinajstić information content (AvgIpc) is 2.71. The lowest BCUT2D eigenvalue weighted by Crippen LogP contribution is -2.35. The second-order valence-electron chi connectivity index (χ2n) is 3.70. The van der Waals surface area contributed by atoms with Crippen LogP contribution in [0.1, 0.15) is 19.1 Å². The van der Waals surface area contributed by atoms with E-state index in [1.165, 1.54) is 12.2 Å². The lowest BCUT2D eigenvalue weighted by molar-refractivity contribution is 0.511. The minimum absolute atomic E-state index is 0.564. The van der Waals surface area contributed by atoms with E-state index in [-0.39, 0.29) is 0 Å². The fourth-order valence-electron chi connectivity index (χ4n) is 1.47. The van der Waals surface area contributed by atoms with Crippen LogP contribution in [0, 0.1) is 0 Å². The first kappa shape index (κ1) is 10.6. The van der Waals surface area contributed by atoms with Crippen LogP contribution >= 0.6 is 11.8 Å². The van der Waals surface area contributed by atoms with Crippen molar-refractivity contribution in [1.82, 2.24) is 5.32 Å². The predicted octanol–water partition coefficient (Wildman–Crippen LogP) is 2.29. The number of thioether (sulfide) groups is 1. The van der Waals surface area contributed by atoms with Crippen molar-refractivity contribution in [2.24, 2.45) is 4.99 Å². The molecule has 1 aromatic heterocycles. The Morgan fingerprint density at radius 3 is 3.33 bits per heavy atom. The van der Waals surface area contributed by atoms with E-state index in [0.29, 0.717) is 6.04 Å². The number of nitrogens with zero attached hydrogens (tertiary/aromatic N) is 1. The van der Waals surface area contributed by atoms with Gasteiger partial charge < -0.3 is 9.73 Å². The number of aliphatic imine (C=N–C) groups is 1. The Morgan fingerprint density at radius 1 is 1.67 bits per heavy atom. The Morgan fingerprint density at radius 2 is 2.60 bits per heavy atom. The first-order valence-electron chi connectivity index (χ1n) is 5.31. The molecule has 0 aromatic carbocycles. The van der Waals surface area contributed by atoms with Gasteiger partial charge in [-0.15, -0.1) is 0 Å². The van der Waals surface area contributed by atoms with Gasteiger partial charge in [-0.3, -0.25) is 4.99 Å². The van der Waals surface area contributed by atoms with Crippen LogP contribution in [0.2, 0.25) is 0 Å². The largest absolute Gasteiger partial charge is 0.469 e. The third kappa shape index (κ3) is 3.30. The maximum atomic E-state index is 5.25. The van der Waals surface area contributed by atoms with E-state index in [1.807, 2.05) is 23.9 Å². The minimum Gasteiger partial charge on any atom is -0.469 e. The van der Waals surface area contributed by atoms with Crippen molar-refractivity contribution in [1.29, 1.82) is 0 Å². The van der Waals surface area contributed by atoms with Gasteiger partial charge in [0.15, 0.2) is 5.17 Å². The summed E-state index contributed by atoms with van der Waals surface area (Å²) in [5.74, 6) is 2.18. The first-order valence-corrected chi connectivity index (χ1v) is 6.29. The zero-order valence-corrected chi connectivity index (χ0v) is 9.72. The molecule has 1 atom stereocenters. The van der Waals surface area contributed by atoms with Gasteiger partial charge in [-0.2, -0.15) is 0 Å². The molecule has 82 valence electrons. The Balaban J connectivity index is 1.78. The Kier molecular flexibility index (Phi) is 3.72. The zero-order valence-electron chi connectivity index (χ0n) is 8.90. The topological polar surface area (TPSA) is 37.5 Å². The normalized spacial score (nSPS) is 24.1. The third-order valence-corrected chi connectivity index (χ3v) is 3.31. The molecule has 0 aliphatic carbocycles. The highest BCUT2D eigenvalue weighted by atomic mass is 32.2. The van der Waals surface area contributed by atoms with Crippen LogP contribution in [0.15, 0.2) is 27.8 Å². The third-order valence-electron chi connectivity index (χ3n) is 2.35. The lowest BCUT2D eigenvalue weighted by Gasteiger charge is -2.21. The van der Waals surface area contributed by atoms with E-state index >= 15 is 0 Å². The molecule has 0 saturated carbocycles. The number of furan rings is 1. The van der Waals surface area contributed by atoms with Gasteiger partial charge in [0.05, 0.1) is 6.26 Å². The van der Waals surface area contributed by atoms with Crippen molar-refractivity contribution < 1.29 is 4.42 Å². The van der Waals surface area contributed by atoms with Gasteiger partial charge in [-0.05, 0) is 25.5 Å². The second kappa shape index (κ2) is 5.26. The summed E-state index contributed by atoms with van der Waals surface area (Å²) in [6, 6.07) is 4.47. The highest BCUT2D eigenvalue weighted by molar-refractivity contribution is 8.13. The standard InChI is InChI=1S/C11H16N2OS/c1-9-5-8-15-11(13-9)12-6-4-10-3-2-7-14-10/h2-3,7,9H,4-6,8H2,1H3,(H,12,13). The molecule has 15 heavy (non-hydrogen) atoms. The molecule has 1 aliphatic rings. The molecule has 0 radical (unpaired) electrons. The molecule has 1 unspecified atom stereocenters. The quantitative estimate of drug-likeness (QED) is 0.856. The van der Waals surface area contributed by atoms with E-state index in [4.69, 9.17) is 4.42 Å². The van der Waals surface area contributed by atoms with E-state index in [2.05, 4.69) is 17.2 Å². The molecule has 1 saturated heterocycles. The molecular weight excluding hydrogens is 208 g/mol. The summed E-state index contributed by atoms with van der Waals surface area (Å²) in [4.78, 5) is 4.52. The van der Waals surface area contributed by atoms with E-state index in [0.717, 1.165) is 23.9 Å². The smallest absolute Gasteiger partial charge is 0.156 e. The first-order chi connectivity index (χ1) is 7.34. The van der Waals surface area contributed by atoms with Crippen molar-refractivity contribution in [3.63, 3.8) is 0 Å². The van der Waals surface area contributed by atoms with Crippen LogP contribution in [0.5, 0.6) is 0 Å². The lowest BCUT2D eigenvalue weighted by atomic mass is 10.3. The van der Waals surface area contributed by atoms with Gasteiger partial charge in [0.2, 0.25) is 0 Å². The molecule has 0 amide bonds. The Bertz CT molecular complexity index is 321. The highest BCUT2D eigenvalue weighted by Crippen LogP contribution is 2.13. The van der Waals surface area contributed by atoms with E-state index in [1.54, 1.807) is 6.26 Å². The fraction of sp³-hybridized carbons (Fsp3) is 0.545. The average molecular weight is 224 g/mol. The molecular formula is C11H16N2OS. The fourth-order valence-corrected chi connectivity index (χ4v) is 2.60. The zero-order chi connectivity index (χ0) is 10.5. The van der Waals surface area contributed by atoms with Crippen LogP contribution < -0.4 is 5.32 Å². The molecule has 0 spiro atoms. The number of hydrogen-bond acceptors (Lipinski definition) is 3. The monoisotopic (exact) mass is 224 g/mol. The van der Waals surface area contributed by atoms with Crippen molar-refractivity contribution in [2.45, 2.75) is 25.8 Å². The van der Waals surface area contributed by atoms with Crippen LogP contribution in [0.4, 0.5) is 0 Å². The summed E-state index contributed by atoms with van der Waals surface area (Å²) in [7, 11) is 0. The second-order valence-corrected chi connectivity index (χ2v) is 4.78. The molecule has 1 N–H and O–H groups in total. The van der Waals surface area contributed by atoms with Crippen molar-refractivity contribution in [3.8, 4) is 0 Å². The maximum Gasteiger partial charge on any atom is 0.156 e. The number of amidine groups is 1. The van der Waals surface area contributed by atoms with Gasteiger partial charge >= 0.3 is 0 Å². The van der Waals surface area contributed by atoms with Crippen LogP contribution in [0.3, 0.4) is 0 Å². The minimum atomic E-state index is 0.564. The van der Waals surface area contributed by atoms with Crippen molar-refractivity contribution in [2.75, 3.05) is 12.3 Å². The molecule has 1 fully saturated rings. The summed E-state index contributed by atoms with van der Waals surface area (Å²) in [6.07, 6.45) is 3.81. The summed E-state index contributed by atoms with van der Waals surface area (Å²) < 4.78 is 5.25. The maximum absolute atomic E-state index is 5.25. The predicted molar refractivity (Wildman–Crippen MR) is 64.4 cm³/mol. The van der Waals surface area contributed by atoms with Gasteiger partial charge in [0, 0.05) is 24.8 Å². The van der Waals surface area contributed by atoms with E-state index in [9.17, 15) is 0 Å². The molecule has 1 aromatic rings. The van der Waals surface area contributed by atoms with Crippen LogP contribution in [-0.4, -0.2) is 23.5 Å². The van der Waals surface area contributed by atoms with Gasteiger partial charge in [0.1, 0.15) is 5.76 Å². The molecule has 2 heterocycles. The van der Waals surface area contributed by atoms with Crippen LogP contribution in [-0.2, 0) is 6.42 Å². The van der Waals surface area contributed by atoms with Gasteiger partial charge in [-0.25, -0.2) is 0 Å². The molecule has 1 aliphatic heterocycles. The number of nitrogens with one attached hydrogen (secondary N) is 1. The molecule has 4 heteroatoms.